The smallest absolute Gasteiger partial charge is 0.303 e. The van der Waals surface area contributed by atoms with Crippen molar-refractivity contribution in [2.24, 2.45) is 0 Å². The molecule has 17 heavy (non-hydrogen) atoms. The molecular formula is C11H32N4Si2. The summed E-state index contributed by atoms with van der Waals surface area (Å²) in [5, 5.41) is 0. The topological polar surface area (TPSA) is 48.1 Å². The van der Waals surface area contributed by atoms with Gasteiger partial charge in [0, 0.05) is 8.07 Å². The lowest BCUT2D eigenvalue weighted by Gasteiger charge is -2.32. The molecule has 4 N–H and O–H groups in total. The molecule has 0 saturated carbocycles. The lowest BCUT2D eigenvalue weighted by Crippen LogP contribution is -2.80. The van der Waals surface area contributed by atoms with Gasteiger partial charge < -0.3 is 19.9 Å². The summed E-state index contributed by atoms with van der Waals surface area (Å²) in [6, 6.07) is 1.40. The average molecular weight is 277 g/mol. The molecule has 0 aromatic heterocycles. The van der Waals surface area contributed by atoms with E-state index in [2.05, 4.69) is 53.4 Å². The first-order valence-electron chi connectivity index (χ1n) is 6.83. The van der Waals surface area contributed by atoms with Crippen LogP contribution in [0.1, 0.15) is 20.3 Å². The molecule has 4 nitrogen and oxygen atoms in total. The number of nitrogens with one attached hydrogen (secondary N) is 4. The van der Waals surface area contributed by atoms with Gasteiger partial charge in [0.25, 0.3) is 0 Å². The van der Waals surface area contributed by atoms with Crippen molar-refractivity contribution in [2.75, 3.05) is 26.7 Å². The summed E-state index contributed by atoms with van der Waals surface area (Å²) in [4.78, 5) is 14.2. The second-order valence-corrected chi connectivity index (χ2v) is 14.3. The second-order valence-electron chi connectivity index (χ2n) is 5.65. The minimum Gasteiger partial charge on any atom is -0.303 e. The third kappa shape index (κ3) is 8.07. The molecule has 0 fully saturated rings. The summed E-state index contributed by atoms with van der Waals surface area (Å²) in [6.45, 7) is 14.7. The van der Waals surface area contributed by atoms with Crippen molar-refractivity contribution in [3.63, 3.8) is 0 Å². The lowest BCUT2D eigenvalue weighted by molar-refractivity contribution is 0.705. The summed E-state index contributed by atoms with van der Waals surface area (Å²) in [7, 11) is -0.706. The third-order valence-corrected chi connectivity index (χ3v) is 7.90. The standard InChI is InChI=1S/C11H32N4Si2/c1-7-13-17(12-3,14-8-2)15-10-9-11-16(4,5)6/h12-15H,7-11H2,1-6H3. The van der Waals surface area contributed by atoms with Crippen molar-refractivity contribution < 1.29 is 0 Å². The van der Waals surface area contributed by atoms with E-state index in [9.17, 15) is 0 Å². The van der Waals surface area contributed by atoms with Crippen molar-refractivity contribution in [1.82, 2.24) is 19.9 Å². The van der Waals surface area contributed by atoms with Gasteiger partial charge in [-0.15, -0.1) is 0 Å². The average Bonchev–Trinajstić information content (AvgIpc) is 2.23. The summed E-state index contributed by atoms with van der Waals surface area (Å²) < 4.78 is 0. The van der Waals surface area contributed by atoms with Crippen LogP contribution in [0.15, 0.2) is 0 Å². The predicted molar refractivity (Wildman–Crippen MR) is 82.9 cm³/mol. The van der Waals surface area contributed by atoms with Crippen LogP contribution in [0, 0.1) is 0 Å². The second kappa shape index (κ2) is 8.39. The van der Waals surface area contributed by atoms with Gasteiger partial charge in [0.05, 0.1) is 0 Å². The van der Waals surface area contributed by atoms with Crippen molar-refractivity contribution in [2.45, 2.75) is 46.0 Å². The zero-order valence-corrected chi connectivity index (χ0v) is 14.5. The molecule has 0 bridgehead atoms. The molecule has 0 unspecified atom stereocenters. The van der Waals surface area contributed by atoms with Gasteiger partial charge in [-0.05, 0) is 33.1 Å². The maximum Gasteiger partial charge on any atom is 0.365 e. The molecule has 0 amide bonds. The first-order chi connectivity index (χ1) is 7.89. The van der Waals surface area contributed by atoms with E-state index in [1.807, 2.05) is 7.05 Å². The van der Waals surface area contributed by atoms with E-state index in [4.69, 9.17) is 0 Å². The molecule has 0 aliphatic rings. The Hall–Kier alpha value is 0.274. The quantitative estimate of drug-likeness (QED) is 0.357. The Balaban J connectivity index is 4.07. The van der Waals surface area contributed by atoms with E-state index in [1.165, 1.54) is 12.5 Å². The van der Waals surface area contributed by atoms with Crippen LogP contribution in [0.3, 0.4) is 0 Å². The molecule has 0 atom stereocenters. The maximum atomic E-state index is 3.69. The minimum atomic E-state index is -1.85. The monoisotopic (exact) mass is 276 g/mol. The molecule has 0 radical (unpaired) electrons. The maximum absolute atomic E-state index is 3.69. The van der Waals surface area contributed by atoms with Crippen molar-refractivity contribution >= 4 is 16.8 Å². The molecule has 6 heteroatoms. The van der Waals surface area contributed by atoms with E-state index in [0.717, 1.165) is 19.6 Å². The van der Waals surface area contributed by atoms with E-state index in [0.29, 0.717) is 0 Å². The van der Waals surface area contributed by atoms with Crippen LogP contribution in [0.2, 0.25) is 25.7 Å². The molecule has 0 heterocycles. The van der Waals surface area contributed by atoms with Crippen LogP contribution in [0.25, 0.3) is 0 Å². The van der Waals surface area contributed by atoms with Crippen LogP contribution in [0.5, 0.6) is 0 Å². The van der Waals surface area contributed by atoms with E-state index < -0.39 is 16.8 Å². The third-order valence-electron chi connectivity index (χ3n) is 2.75. The SMILES string of the molecule is CCN[Si](NC)(NCC)NCCC[Si](C)(C)C. The van der Waals surface area contributed by atoms with Gasteiger partial charge in [-0.1, -0.05) is 39.5 Å². The summed E-state index contributed by atoms with van der Waals surface area (Å²) >= 11 is 0. The molecular weight excluding hydrogens is 244 g/mol. The highest BCUT2D eigenvalue weighted by molar-refractivity contribution is 6.76. The van der Waals surface area contributed by atoms with Crippen LogP contribution in [-0.4, -0.2) is 43.5 Å². The van der Waals surface area contributed by atoms with Crippen LogP contribution in [0.4, 0.5) is 0 Å². The fraction of sp³-hybridized carbons (Fsp3) is 1.00. The van der Waals surface area contributed by atoms with E-state index in [-0.39, 0.29) is 0 Å². The zero-order valence-electron chi connectivity index (χ0n) is 12.5. The van der Waals surface area contributed by atoms with E-state index in [1.54, 1.807) is 0 Å². The zero-order chi connectivity index (χ0) is 13.4. The van der Waals surface area contributed by atoms with Crippen molar-refractivity contribution in [3.05, 3.63) is 0 Å². The summed E-state index contributed by atoms with van der Waals surface area (Å²) in [6.07, 6.45) is 1.28. The molecule has 0 spiro atoms. The normalized spacial score (nSPS) is 13.1. The van der Waals surface area contributed by atoms with Crippen molar-refractivity contribution in [1.29, 1.82) is 0 Å². The summed E-state index contributed by atoms with van der Waals surface area (Å²) in [5.41, 5.74) is 0. The molecule has 104 valence electrons. The minimum absolute atomic E-state index is 0.887. The fourth-order valence-corrected chi connectivity index (χ4v) is 5.63. The molecule has 0 aliphatic carbocycles. The Morgan fingerprint density at radius 2 is 1.41 bits per heavy atom. The van der Waals surface area contributed by atoms with Crippen molar-refractivity contribution in [3.8, 4) is 0 Å². The molecule has 0 saturated heterocycles. The molecule has 0 aromatic carbocycles. The van der Waals surface area contributed by atoms with Gasteiger partial charge in [0.2, 0.25) is 0 Å². The molecule has 0 rings (SSSR count). The molecule has 0 aromatic rings. The number of hydrogen-bond donors (Lipinski definition) is 4. The van der Waals surface area contributed by atoms with Gasteiger partial charge in [0.15, 0.2) is 0 Å². The largest absolute Gasteiger partial charge is 0.365 e. The van der Waals surface area contributed by atoms with Crippen LogP contribution in [-0.2, 0) is 0 Å². The highest BCUT2D eigenvalue weighted by Crippen LogP contribution is 2.09. The lowest BCUT2D eigenvalue weighted by atomic mass is 10.5. The van der Waals surface area contributed by atoms with Gasteiger partial charge in [0.1, 0.15) is 0 Å². The van der Waals surface area contributed by atoms with Gasteiger partial charge in [-0.3, -0.25) is 0 Å². The Morgan fingerprint density at radius 1 is 0.882 bits per heavy atom. The summed E-state index contributed by atoms with van der Waals surface area (Å²) in [5.74, 6) is 0. The fourth-order valence-electron chi connectivity index (χ4n) is 1.88. The Bertz CT molecular complexity index is 188. The van der Waals surface area contributed by atoms with Gasteiger partial charge in [-0.25, -0.2) is 0 Å². The predicted octanol–water partition coefficient (Wildman–Crippen LogP) is 1.18. The van der Waals surface area contributed by atoms with Crippen LogP contribution < -0.4 is 19.9 Å². The Kier molecular flexibility index (Phi) is 8.52. The Labute approximate surface area is 110 Å². The van der Waals surface area contributed by atoms with Crippen LogP contribution >= 0.6 is 0 Å². The Morgan fingerprint density at radius 3 is 1.76 bits per heavy atom. The number of rotatable bonds is 10. The van der Waals surface area contributed by atoms with Gasteiger partial charge in [-0.2, -0.15) is 0 Å². The number of hydrogen-bond acceptors (Lipinski definition) is 4. The van der Waals surface area contributed by atoms with E-state index >= 15 is 0 Å². The highest BCUT2D eigenvalue weighted by atomic mass is 28.4. The van der Waals surface area contributed by atoms with Gasteiger partial charge >= 0.3 is 8.72 Å². The first kappa shape index (κ1) is 17.3. The highest BCUT2D eigenvalue weighted by Gasteiger charge is 2.30. The first-order valence-corrected chi connectivity index (χ1v) is 12.5. The molecule has 0 aliphatic heterocycles.